The van der Waals surface area contributed by atoms with E-state index in [0.29, 0.717) is 0 Å². The van der Waals surface area contributed by atoms with Gasteiger partial charge in [0.15, 0.2) is 5.56 Å². The molecule has 0 atom stereocenters. The second kappa shape index (κ2) is 5.67. The molecule has 0 aliphatic carbocycles. The molecule has 0 heterocycles. The van der Waals surface area contributed by atoms with Crippen molar-refractivity contribution in [1.29, 1.82) is 0 Å². The van der Waals surface area contributed by atoms with Gasteiger partial charge in [0.2, 0.25) is 0 Å². The highest BCUT2D eigenvalue weighted by atomic mass is 19.4. The molecule has 0 aliphatic rings. The molecule has 2 N–H and O–H groups in total. The smallest absolute Gasteiger partial charge is 0.365 e. The first-order valence-corrected chi connectivity index (χ1v) is 6.06. The zero-order valence-corrected chi connectivity index (χ0v) is 11.2. The Bertz CT molecular complexity index is 786. The van der Waals surface area contributed by atoms with Gasteiger partial charge in [-0.1, -0.05) is 12.1 Å². The lowest BCUT2D eigenvalue weighted by Gasteiger charge is -2.09. The van der Waals surface area contributed by atoms with Crippen molar-refractivity contribution in [2.75, 3.05) is 0 Å². The van der Waals surface area contributed by atoms with Crippen LogP contribution >= 0.6 is 0 Å². The Morgan fingerprint density at radius 1 is 1.09 bits per heavy atom. The lowest BCUT2D eigenvalue weighted by atomic mass is 10.00. The molecule has 0 bridgehead atoms. The standard InChI is InChI=1S/C14H8F4N2O3/c15-10-5-8(6-11(20(22)23)12(10)13(19)21)7-1-3-9(4-2-7)14(16,17)18/h1-6H,(H2,19,21). The molecule has 0 saturated heterocycles. The number of nitrogens with two attached hydrogens (primary N) is 1. The average molecular weight is 328 g/mol. The monoisotopic (exact) mass is 328 g/mol. The summed E-state index contributed by atoms with van der Waals surface area (Å²) in [6.45, 7) is 0. The fraction of sp³-hybridized carbons (Fsp3) is 0.0714. The van der Waals surface area contributed by atoms with Gasteiger partial charge in [0.25, 0.3) is 11.6 Å². The second-order valence-corrected chi connectivity index (χ2v) is 4.55. The minimum absolute atomic E-state index is 0.0482. The quantitative estimate of drug-likeness (QED) is 0.531. The Hall–Kier alpha value is -2.97. The Labute approximate surface area is 126 Å². The maximum absolute atomic E-state index is 13.9. The van der Waals surface area contributed by atoms with Crippen molar-refractivity contribution in [3.8, 4) is 11.1 Å². The van der Waals surface area contributed by atoms with Crippen LogP contribution in [0.4, 0.5) is 23.2 Å². The molecule has 23 heavy (non-hydrogen) atoms. The summed E-state index contributed by atoms with van der Waals surface area (Å²) in [5.74, 6) is -2.53. The van der Waals surface area contributed by atoms with E-state index in [0.717, 1.165) is 36.4 Å². The van der Waals surface area contributed by atoms with Gasteiger partial charge in [-0.3, -0.25) is 14.9 Å². The molecule has 120 valence electrons. The van der Waals surface area contributed by atoms with Crippen molar-refractivity contribution in [3.63, 3.8) is 0 Å². The summed E-state index contributed by atoms with van der Waals surface area (Å²) in [5, 5.41) is 10.9. The fourth-order valence-corrected chi connectivity index (χ4v) is 2.00. The highest BCUT2D eigenvalue weighted by Crippen LogP contribution is 2.33. The largest absolute Gasteiger partial charge is 0.416 e. The van der Waals surface area contributed by atoms with Gasteiger partial charge in [-0.25, -0.2) is 4.39 Å². The number of carbonyl (C=O) groups excluding carboxylic acids is 1. The lowest BCUT2D eigenvalue weighted by Crippen LogP contribution is -2.15. The van der Waals surface area contributed by atoms with Gasteiger partial charge in [-0.05, 0) is 29.3 Å². The number of benzene rings is 2. The molecule has 0 aromatic heterocycles. The minimum atomic E-state index is -4.54. The van der Waals surface area contributed by atoms with Crippen LogP contribution in [-0.4, -0.2) is 10.8 Å². The van der Waals surface area contributed by atoms with Crippen LogP contribution < -0.4 is 5.73 Å². The number of alkyl halides is 3. The van der Waals surface area contributed by atoms with Crippen molar-refractivity contribution in [1.82, 2.24) is 0 Å². The number of halogens is 4. The Kier molecular flexibility index (Phi) is 4.04. The van der Waals surface area contributed by atoms with E-state index in [2.05, 4.69) is 0 Å². The Morgan fingerprint density at radius 3 is 2.09 bits per heavy atom. The number of amides is 1. The van der Waals surface area contributed by atoms with E-state index >= 15 is 0 Å². The highest BCUT2D eigenvalue weighted by molar-refractivity contribution is 5.98. The molecule has 0 fully saturated rings. The molecule has 2 aromatic carbocycles. The number of primary amides is 1. The molecule has 0 aliphatic heterocycles. The molecular formula is C14H8F4N2O3. The van der Waals surface area contributed by atoms with E-state index in [1.807, 2.05) is 0 Å². The number of hydrogen-bond donors (Lipinski definition) is 1. The van der Waals surface area contributed by atoms with Crippen molar-refractivity contribution in [2.45, 2.75) is 6.18 Å². The number of nitrogens with zero attached hydrogens (tertiary/aromatic N) is 1. The third-order valence-corrected chi connectivity index (χ3v) is 3.06. The summed E-state index contributed by atoms with van der Waals surface area (Å²) in [7, 11) is 0. The molecule has 9 heteroatoms. The van der Waals surface area contributed by atoms with E-state index < -0.39 is 39.6 Å². The number of hydrogen-bond acceptors (Lipinski definition) is 3. The van der Waals surface area contributed by atoms with Crippen molar-refractivity contribution in [3.05, 3.63) is 63.5 Å². The molecular weight excluding hydrogens is 320 g/mol. The van der Waals surface area contributed by atoms with Gasteiger partial charge in [0.05, 0.1) is 10.5 Å². The van der Waals surface area contributed by atoms with Crippen LogP contribution in [0.2, 0.25) is 0 Å². The predicted octanol–water partition coefficient (Wildman–Crippen LogP) is 3.52. The fourth-order valence-electron chi connectivity index (χ4n) is 2.00. The number of nitro benzene ring substituents is 1. The number of nitro groups is 1. The average Bonchev–Trinajstić information content (AvgIpc) is 2.45. The molecule has 0 radical (unpaired) electrons. The topological polar surface area (TPSA) is 86.2 Å². The maximum Gasteiger partial charge on any atom is 0.416 e. The van der Waals surface area contributed by atoms with E-state index in [4.69, 9.17) is 5.73 Å². The number of carbonyl (C=O) groups is 1. The van der Waals surface area contributed by atoms with Crippen molar-refractivity contribution < 1.29 is 27.3 Å². The van der Waals surface area contributed by atoms with E-state index in [1.165, 1.54) is 0 Å². The summed E-state index contributed by atoms with van der Waals surface area (Å²) in [6.07, 6.45) is -4.54. The molecule has 5 nitrogen and oxygen atoms in total. The molecule has 1 amide bonds. The highest BCUT2D eigenvalue weighted by Gasteiger charge is 2.30. The van der Waals surface area contributed by atoms with Gasteiger partial charge < -0.3 is 5.73 Å². The van der Waals surface area contributed by atoms with Gasteiger partial charge in [-0.15, -0.1) is 0 Å². The molecule has 2 aromatic rings. The zero-order valence-electron chi connectivity index (χ0n) is 11.2. The van der Waals surface area contributed by atoms with Crippen LogP contribution in [0.5, 0.6) is 0 Å². The van der Waals surface area contributed by atoms with E-state index in [1.54, 1.807) is 0 Å². The second-order valence-electron chi connectivity index (χ2n) is 4.55. The first-order chi connectivity index (χ1) is 10.6. The summed E-state index contributed by atoms with van der Waals surface area (Å²) >= 11 is 0. The summed E-state index contributed by atoms with van der Waals surface area (Å²) in [6, 6.07) is 5.31. The van der Waals surface area contributed by atoms with E-state index in [-0.39, 0.29) is 11.1 Å². The van der Waals surface area contributed by atoms with Crippen molar-refractivity contribution in [2.24, 2.45) is 5.73 Å². The molecule has 2 rings (SSSR count). The molecule has 0 saturated carbocycles. The number of rotatable bonds is 3. The maximum atomic E-state index is 13.9. The van der Waals surface area contributed by atoms with Crippen LogP contribution in [-0.2, 0) is 6.18 Å². The Morgan fingerprint density at radius 2 is 1.65 bits per heavy atom. The van der Waals surface area contributed by atoms with Crippen molar-refractivity contribution >= 4 is 11.6 Å². The van der Waals surface area contributed by atoms with Gasteiger partial charge in [0, 0.05) is 6.07 Å². The Balaban J connectivity index is 2.57. The first-order valence-electron chi connectivity index (χ1n) is 6.06. The van der Waals surface area contributed by atoms with Gasteiger partial charge >= 0.3 is 6.18 Å². The van der Waals surface area contributed by atoms with Crippen LogP contribution in [0.3, 0.4) is 0 Å². The van der Waals surface area contributed by atoms with Gasteiger partial charge in [-0.2, -0.15) is 13.2 Å². The van der Waals surface area contributed by atoms with Gasteiger partial charge in [0.1, 0.15) is 5.82 Å². The summed E-state index contributed by atoms with van der Waals surface area (Å²) < 4.78 is 51.4. The van der Waals surface area contributed by atoms with Crippen LogP contribution in [0.15, 0.2) is 36.4 Å². The first kappa shape index (κ1) is 16.4. The molecule has 0 spiro atoms. The SMILES string of the molecule is NC(=O)c1c(F)cc(-c2ccc(C(F)(F)F)cc2)cc1[N+](=O)[O-]. The van der Waals surface area contributed by atoms with Crippen LogP contribution in [0.1, 0.15) is 15.9 Å². The normalized spacial score (nSPS) is 11.3. The third kappa shape index (κ3) is 3.28. The summed E-state index contributed by atoms with van der Waals surface area (Å²) in [4.78, 5) is 21.0. The predicted molar refractivity (Wildman–Crippen MR) is 72.0 cm³/mol. The van der Waals surface area contributed by atoms with Crippen LogP contribution in [0, 0.1) is 15.9 Å². The summed E-state index contributed by atoms with van der Waals surface area (Å²) in [5.41, 5.74) is 2.32. The van der Waals surface area contributed by atoms with Crippen LogP contribution in [0.25, 0.3) is 11.1 Å². The third-order valence-electron chi connectivity index (χ3n) is 3.06. The molecule has 0 unspecified atom stereocenters. The zero-order chi connectivity index (χ0) is 17.4. The van der Waals surface area contributed by atoms with E-state index in [9.17, 15) is 32.5 Å². The minimum Gasteiger partial charge on any atom is -0.365 e. The lowest BCUT2D eigenvalue weighted by molar-refractivity contribution is -0.385.